The molecule has 4 nitrogen and oxygen atoms in total. The van der Waals surface area contributed by atoms with Crippen LogP contribution in [0.15, 0.2) is 18.2 Å². The number of halogens is 1. The molecule has 0 N–H and O–H groups in total. The van der Waals surface area contributed by atoms with Crippen LogP contribution in [0.25, 0.3) is 11.0 Å². The molecule has 1 unspecified atom stereocenters. The fourth-order valence-corrected chi connectivity index (χ4v) is 2.44. The first-order valence-corrected chi connectivity index (χ1v) is 7.35. The molecule has 1 heterocycles. The highest BCUT2D eigenvalue weighted by Gasteiger charge is 2.15. The van der Waals surface area contributed by atoms with Crippen molar-refractivity contribution in [1.82, 2.24) is 14.5 Å². The second-order valence-electron chi connectivity index (χ2n) is 5.26. The Labute approximate surface area is 124 Å². The molecule has 0 spiro atoms. The van der Waals surface area contributed by atoms with Gasteiger partial charge in [0, 0.05) is 12.6 Å². The monoisotopic (exact) mass is 288 g/mol. The van der Waals surface area contributed by atoms with Crippen molar-refractivity contribution in [1.29, 1.82) is 5.26 Å². The summed E-state index contributed by atoms with van der Waals surface area (Å²) in [6, 6.07) is 6.89. The molecule has 21 heavy (non-hydrogen) atoms. The summed E-state index contributed by atoms with van der Waals surface area (Å²) in [6.45, 7) is 9.25. The molecule has 0 saturated carbocycles. The number of fused-ring (bicyclic) bond motifs is 1. The third kappa shape index (κ3) is 3.40. The van der Waals surface area contributed by atoms with Crippen molar-refractivity contribution in [3.8, 4) is 6.07 Å². The van der Waals surface area contributed by atoms with Crippen molar-refractivity contribution in [2.75, 3.05) is 13.1 Å². The molecule has 1 atom stereocenters. The average molecular weight is 288 g/mol. The van der Waals surface area contributed by atoms with Crippen LogP contribution in [-0.2, 0) is 13.1 Å². The Kier molecular flexibility index (Phi) is 4.92. The zero-order valence-corrected chi connectivity index (χ0v) is 12.8. The fourth-order valence-electron chi connectivity index (χ4n) is 2.44. The standard InChI is InChI=1S/C16H21FN4/c1-4-20(5-2)11-16-19-14-8-13(17)6-7-15(14)21(16)10-12(3)9-18/h6-8,12H,4-5,10-11H2,1-3H3. The molecule has 0 aliphatic carbocycles. The molecule has 5 heteroatoms. The van der Waals surface area contributed by atoms with Crippen LogP contribution < -0.4 is 0 Å². The maximum absolute atomic E-state index is 13.4. The minimum Gasteiger partial charge on any atom is -0.326 e. The number of aromatic nitrogens is 2. The van der Waals surface area contributed by atoms with Gasteiger partial charge in [0.15, 0.2) is 0 Å². The van der Waals surface area contributed by atoms with E-state index < -0.39 is 0 Å². The summed E-state index contributed by atoms with van der Waals surface area (Å²) in [7, 11) is 0. The van der Waals surface area contributed by atoms with E-state index in [1.54, 1.807) is 6.07 Å². The van der Waals surface area contributed by atoms with E-state index in [0.29, 0.717) is 18.6 Å². The molecule has 0 saturated heterocycles. The quantitative estimate of drug-likeness (QED) is 0.820. The summed E-state index contributed by atoms with van der Waals surface area (Å²) < 4.78 is 15.4. The lowest BCUT2D eigenvalue weighted by Gasteiger charge is -2.19. The first-order chi connectivity index (χ1) is 10.1. The third-order valence-corrected chi connectivity index (χ3v) is 3.73. The molecule has 2 aromatic rings. The van der Waals surface area contributed by atoms with Crippen LogP contribution >= 0.6 is 0 Å². The normalized spacial score (nSPS) is 12.8. The van der Waals surface area contributed by atoms with Gasteiger partial charge in [0.05, 0.1) is 29.6 Å². The van der Waals surface area contributed by atoms with Crippen LogP contribution in [0.4, 0.5) is 4.39 Å². The Balaban J connectivity index is 2.46. The summed E-state index contributed by atoms with van der Waals surface area (Å²) in [5.74, 6) is 0.499. The molecule has 1 aromatic carbocycles. The highest BCUT2D eigenvalue weighted by Crippen LogP contribution is 2.20. The van der Waals surface area contributed by atoms with E-state index >= 15 is 0 Å². The van der Waals surface area contributed by atoms with Gasteiger partial charge < -0.3 is 4.57 Å². The SMILES string of the molecule is CCN(CC)Cc1nc2cc(F)ccc2n1CC(C)C#N. The van der Waals surface area contributed by atoms with Crippen molar-refractivity contribution >= 4 is 11.0 Å². The number of nitriles is 1. The second kappa shape index (κ2) is 6.68. The van der Waals surface area contributed by atoms with E-state index in [1.807, 2.05) is 11.5 Å². The van der Waals surface area contributed by atoms with E-state index in [-0.39, 0.29) is 11.7 Å². The molecule has 0 fully saturated rings. The van der Waals surface area contributed by atoms with Crippen LogP contribution in [-0.4, -0.2) is 27.5 Å². The number of nitrogens with zero attached hydrogens (tertiary/aromatic N) is 4. The zero-order chi connectivity index (χ0) is 15.4. The van der Waals surface area contributed by atoms with Crippen LogP contribution in [0.1, 0.15) is 26.6 Å². The maximum atomic E-state index is 13.4. The highest BCUT2D eigenvalue weighted by atomic mass is 19.1. The number of imidazole rings is 1. The smallest absolute Gasteiger partial charge is 0.125 e. The lowest BCUT2D eigenvalue weighted by molar-refractivity contribution is 0.283. The molecule has 0 bridgehead atoms. The van der Waals surface area contributed by atoms with Crippen molar-refractivity contribution in [3.05, 3.63) is 29.8 Å². The lowest BCUT2D eigenvalue weighted by atomic mass is 10.2. The van der Waals surface area contributed by atoms with E-state index in [9.17, 15) is 4.39 Å². The van der Waals surface area contributed by atoms with E-state index in [4.69, 9.17) is 5.26 Å². The van der Waals surface area contributed by atoms with E-state index in [1.165, 1.54) is 12.1 Å². The second-order valence-corrected chi connectivity index (χ2v) is 5.26. The third-order valence-electron chi connectivity index (χ3n) is 3.73. The summed E-state index contributed by atoms with van der Waals surface area (Å²) in [5, 5.41) is 9.06. The van der Waals surface area contributed by atoms with Gasteiger partial charge in [0.1, 0.15) is 11.6 Å². The van der Waals surface area contributed by atoms with Crippen LogP contribution in [0.2, 0.25) is 0 Å². The van der Waals surface area contributed by atoms with E-state index in [2.05, 4.69) is 29.8 Å². The molecular weight excluding hydrogens is 267 g/mol. The van der Waals surface area contributed by atoms with Gasteiger partial charge in [-0.15, -0.1) is 0 Å². The lowest BCUT2D eigenvalue weighted by Crippen LogP contribution is -2.25. The van der Waals surface area contributed by atoms with Gasteiger partial charge in [-0.3, -0.25) is 4.90 Å². The summed E-state index contributed by atoms with van der Waals surface area (Å²) in [5.41, 5.74) is 1.54. The van der Waals surface area contributed by atoms with Crippen LogP contribution in [0.3, 0.4) is 0 Å². The molecule has 0 amide bonds. The minimum atomic E-state index is -0.283. The van der Waals surface area contributed by atoms with Crippen LogP contribution in [0.5, 0.6) is 0 Å². The zero-order valence-electron chi connectivity index (χ0n) is 12.8. The van der Waals surface area contributed by atoms with Gasteiger partial charge in [-0.25, -0.2) is 9.37 Å². The van der Waals surface area contributed by atoms with Crippen molar-refractivity contribution < 1.29 is 4.39 Å². The number of hydrogen-bond donors (Lipinski definition) is 0. The van der Waals surface area contributed by atoms with Gasteiger partial charge in [0.2, 0.25) is 0 Å². The molecule has 1 aromatic heterocycles. The van der Waals surface area contributed by atoms with Gasteiger partial charge >= 0.3 is 0 Å². The van der Waals surface area contributed by atoms with Crippen molar-refractivity contribution in [3.63, 3.8) is 0 Å². The highest BCUT2D eigenvalue weighted by molar-refractivity contribution is 5.76. The van der Waals surface area contributed by atoms with Gasteiger partial charge in [-0.1, -0.05) is 13.8 Å². The Hall–Kier alpha value is -1.93. The number of benzene rings is 1. The van der Waals surface area contributed by atoms with Gasteiger partial charge in [-0.05, 0) is 32.1 Å². The van der Waals surface area contributed by atoms with Gasteiger partial charge in [-0.2, -0.15) is 5.26 Å². The molecule has 0 aliphatic heterocycles. The van der Waals surface area contributed by atoms with Gasteiger partial charge in [0.25, 0.3) is 0 Å². The minimum absolute atomic E-state index is 0.108. The first-order valence-electron chi connectivity index (χ1n) is 7.35. The maximum Gasteiger partial charge on any atom is 0.125 e. The topological polar surface area (TPSA) is 44.9 Å². The molecule has 0 aliphatic rings. The van der Waals surface area contributed by atoms with E-state index in [0.717, 1.165) is 24.4 Å². The Morgan fingerprint density at radius 2 is 2.10 bits per heavy atom. The average Bonchev–Trinajstić information content (AvgIpc) is 2.81. The van der Waals surface area contributed by atoms with Crippen molar-refractivity contribution in [2.45, 2.75) is 33.9 Å². The predicted octanol–water partition coefficient (Wildman–Crippen LogP) is 3.18. The molecule has 0 radical (unpaired) electrons. The first kappa shape index (κ1) is 15.5. The Morgan fingerprint density at radius 1 is 1.38 bits per heavy atom. The molecular formula is C16H21FN4. The summed E-state index contributed by atoms with van der Waals surface area (Å²) >= 11 is 0. The Morgan fingerprint density at radius 3 is 2.71 bits per heavy atom. The number of rotatable bonds is 6. The number of hydrogen-bond acceptors (Lipinski definition) is 3. The largest absolute Gasteiger partial charge is 0.326 e. The summed E-state index contributed by atoms with van der Waals surface area (Å²) in [6.07, 6.45) is 0. The Bertz CT molecular complexity index is 652. The summed E-state index contributed by atoms with van der Waals surface area (Å²) in [4.78, 5) is 6.82. The van der Waals surface area contributed by atoms with Crippen LogP contribution in [0, 0.1) is 23.1 Å². The molecule has 2 rings (SSSR count). The molecule has 112 valence electrons. The van der Waals surface area contributed by atoms with Crippen molar-refractivity contribution in [2.24, 2.45) is 5.92 Å². The predicted molar refractivity (Wildman–Crippen MR) is 81.1 cm³/mol. The fraction of sp³-hybridized carbons (Fsp3) is 0.500.